The van der Waals surface area contributed by atoms with Crippen molar-refractivity contribution in [2.75, 3.05) is 13.2 Å². The van der Waals surface area contributed by atoms with Crippen LogP contribution in [0.3, 0.4) is 0 Å². The second-order valence-corrected chi connectivity index (χ2v) is 6.27. The molecule has 0 bridgehead atoms. The van der Waals surface area contributed by atoms with Gasteiger partial charge in [0, 0.05) is 17.1 Å². The summed E-state index contributed by atoms with van der Waals surface area (Å²) in [4.78, 5) is -0.906. The van der Waals surface area contributed by atoms with E-state index in [1.54, 1.807) is 0 Å². The molecule has 1 saturated heterocycles. The van der Waals surface area contributed by atoms with Crippen LogP contribution in [0, 0.1) is 11.6 Å². The Hall–Kier alpha value is -0.920. The van der Waals surface area contributed by atoms with Crippen LogP contribution in [0.4, 0.5) is 8.78 Å². The molecule has 1 unspecified atom stereocenters. The molecule has 8 heteroatoms. The number of halogens is 3. The molecule has 18 heavy (non-hydrogen) atoms. The fourth-order valence-corrected chi connectivity index (χ4v) is 2.47. The van der Waals surface area contributed by atoms with Crippen molar-refractivity contribution in [3.8, 4) is 5.75 Å². The Morgan fingerprint density at radius 3 is 2.61 bits per heavy atom. The third-order valence-electron chi connectivity index (χ3n) is 2.46. The van der Waals surface area contributed by atoms with Gasteiger partial charge in [-0.3, -0.25) is 0 Å². The lowest BCUT2D eigenvalue weighted by atomic mass is 10.3. The van der Waals surface area contributed by atoms with Gasteiger partial charge in [-0.2, -0.15) is 4.39 Å². The highest BCUT2D eigenvalue weighted by atomic mass is 35.7. The molecule has 0 spiro atoms. The van der Waals surface area contributed by atoms with Crippen molar-refractivity contribution in [2.45, 2.75) is 17.4 Å². The van der Waals surface area contributed by atoms with E-state index >= 15 is 0 Å². The fourth-order valence-electron chi connectivity index (χ4n) is 1.58. The SMILES string of the molecule is O=S(=O)(Cl)c1ccc(OC2CCOC2)c(F)c1F. The van der Waals surface area contributed by atoms with Crippen molar-refractivity contribution in [1.82, 2.24) is 0 Å². The first-order valence-electron chi connectivity index (χ1n) is 5.06. The molecule has 1 aliphatic rings. The lowest BCUT2D eigenvalue weighted by molar-refractivity contribution is 0.137. The van der Waals surface area contributed by atoms with E-state index in [1.165, 1.54) is 0 Å². The first-order chi connectivity index (χ1) is 8.39. The average Bonchev–Trinajstić information content (AvgIpc) is 2.76. The van der Waals surface area contributed by atoms with Crippen molar-refractivity contribution in [1.29, 1.82) is 0 Å². The Morgan fingerprint density at radius 2 is 2.06 bits per heavy atom. The minimum atomic E-state index is -4.32. The summed E-state index contributed by atoms with van der Waals surface area (Å²) in [5.74, 6) is -3.27. The number of hydrogen-bond donors (Lipinski definition) is 0. The maximum absolute atomic E-state index is 13.6. The van der Waals surface area contributed by atoms with Crippen LogP contribution in [-0.2, 0) is 13.8 Å². The van der Waals surface area contributed by atoms with Gasteiger partial charge in [-0.1, -0.05) is 0 Å². The van der Waals surface area contributed by atoms with Crippen molar-refractivity contribution < 1.29 is 26.7 Å². The van der Waals surface area contributed by atoms with Gasteiger partial charge in [-0.05, 0) is 12.1 Å². The fraction of sp³-hybridized carbons (Fsp3) is 0.400. The van der Waals surface area contributed by atoms with Crippen LogP contribution < -0.4 is 4.74 Å². The highest BCUT2D eigenvalue weighted by Crippen LogP contribution is 2.28. The molecular formula is C10H9ClF2O4S. The van der Waals surface area contributed by atoms with E-state index in [-0.39, 0.29) is 18.5 Å². The predicted molar refractivity (Wildman–Crippen MR) is 59.2 cm³/mol. The molecule has 0 aromatic heterocycles. The Kier molecular flexibility index (Phi) is 3.74. The zero-order valence-electron chi connectivity index (χ0n) is 9.03. The molecule has 0 aliphatic carbocycles. The van der Waals surface area contributed by atoms with E-state index in [2.05, 4.69) is 0 Å². The summed E-state index contributed by atoms with van der Waals surface area (Å²) in [7, 11) is 0.640. The van der Waals surface area contributed by atoms with E-state index in [0.717, 1.165) is 12.1 Å². The maximum atomic E-state index is 13.6. The number of hydrogen-bond acceptors (Lipinski definition) is 4. The normalized spacial score (nSPS) is 20.1. The average molecular weight is 299 g/mol. The van der Waals surface area contributed by atoms with Crippen molar-refractivity contribution >= 4 is 19.7 Å². The molecular weight excluding hydrogens is 290 g/mol. The van der Waals surface area contributed by atoms with Gasteiger partial charge in [-0.15, -0.1) is 0 Å². The molecule has 1 heterocycles. The van der Waals surface area contributed by atoms with Gasteiger partial charge in [0.1, 0.15) is 11.0 Å². The molecule has 0 radical (unpaired) electrons. The van der Waals surface area contributed by atoms with Crippen LogP contribution >= 0.6 is 10.7 Å². The summed E-state index contributed by atoms with van der Waals surface area (Å²) in [5, 5.41) is 0. The summed E-state index contributed by atoms with van der Waals surface area (Å²) in [5.41, 5.74) is 0. The largest absolute Gasteiger partial charge is 0.485 e. The third-order valence-corrected chi connectivity index (χ3v) is 3.80. The lowest BCUT2D eigenvalue weighted by Gasteiger charge is -2.13. The van der Waals surface area contributed by atoms with Crippen LogP contribution in [-0.4, -0.2) is 27.7 Å². The molecule has 0 N–H and O–H groups in total. The Bertz CT molecular complexity index is 555. The first-order valence-corrected chi connectivity index (χ1v) is 7.37. The van der Waals surface area contributed by atoms with E-state index in [4.69, 9.17) is 20.2 Å². The zero-order chi connectivity index (χ0) is 13.3. The van der Waals surface area contributed by atoms with Gasteiger partial charge in [0.2, 0.25) is 5.82 Å². The number of ether oxygens (including phenoxy) is 2. The second kappa shape index (κ2) is 4.99. The topological polar surface area (TPSA) is 52.6 Å². The summed E-state index contributed by atoms with van der Waals surface area (Å²) in [6.07, 6.45) is 0.203. The van der Waals surface area contributed by atoms with E-state index in [9.17, 15) is 17.2 Å². The van der Waals surface area contributed by atoms with E-state index in [1.807, 2.05) is 0 Å². The second-order valence-electron chi connectivity index (χ2n) is 3.73. The predicted octanol–water partition coefficient (Wildman–Crippen LogP) is 2.06. The van der Waals surface area contributed by atoms with Gasteiger partial charge >= 0.3 is 0 Å². The number of rotatable bonds is 3. The molecule has 1 aromatic carbocycles. The van der Waals surface area contributed by atoms with Crippen LogP contribution in [0.15, 0.2) is 17.0 Å². The quantitative estimate of drug-likeness (QED) is 0.802. The van der Waals surface area contributed by atoms with Crippen molar-refractivity contribution in [3.63, 3.8) is 0 Å². The van der Waals surface area contributed by atoms with Crippen LogP contribution in [0.1, 0.15) is 6.42 Å². The maximum Gasteiger partial charge on any atom is 0.264 e. The Morgan fingerprint density at radius 1 is 1.33 bits per heavy atom. The third kappa shape index (κ3) is 2.73. The standard InChI is InChI=1S/C10H9ClF2O4S/c11-18(14,15)8-2-1-7(9(12)10(8)13)17-6-3-4-16-5-6/h1-2,6H,3-5H2. The Balaban J connectivity index is 2.31. The van der Waals surface area contributed by atoms with E-state index < -0.39 is 25.6 Å². The van der Waals surface area contributed by atoms with Crippen LogP contribution in [0.5, 0.6) is 5.75 Å². The van der Waals surface area contributed by atoms with Crippen LogP contribution in [0.25, 0.3) is 0 Å². The molecule has 0 saturated carbocycles. The van der Waals surface area contributed by atoms with Gasteiger partial charge in [-0.25, -0.2) is 12.8 Å². The summed E-state index contributed by atoms with van der Waals surface area (Å²) >= 11 is 0. The summed E-state index contributed by atoms with van der Waals surface area (Å²) < 4.78 is 59.2. The highest BCUT2D eigenvalue weighted by Gasteiger charge is 2.25. The molecule has 2 rings (SSSR count). The van der Waals surface area contributed by atoms with Gasteiger partial charge in [0.15, 0.2) is 11.6 Å². The monoisotopic (exact) mass is 298 g/mol. The lowest BCUT2D eigenvalue weighted by Crippen LogP contribution is -2.17. The van der Waals surface area contributed by atoms with Crippen LogP contribution in [0.2, 0.25) is 0 Å². The zero-order valence-corrected chi connectivity index (χ0v) is 10.6. The van der Waals surface area contributed by atoms with Crippen molar-refractivity contribution in [2.24, 2.45) is 0 Å². The molecule has 1 aliphatic heterocycles. The minimum absolute atomic E-state index is 0.288. The minimum Gasteiger partial charge on any atom is -0.485 e. The molecule has 1 fully saturated rings. The molecule has 4 nitrogen and oxygen atoms in total. The smallest absolute Gasteiger partial charge is 0.264 e. The van der Waals surface area contributed by atoms with Gasteiger partial charge in [0.05, 0.1) is 13.2 Å². The summed E-state index contributed by atoms with van der Waals surface area (Å²) in [6, 6.07) is 1.90. The molecule has 0 amide bonds. The van der Waals surface area contributed by atoms with Gasteiger partial charge in [0.25, 0.3) is 9.05 Å². The summed E-state index contributed by atoms with van der Waals surface area (Å²) in [6.45, 7) is 0.777. The molecule has 100 valence electrons. The number of benzene rings is 1. The van der Waals surface area contributed by atoms with Gasteiger partial charge < -0.3 is 9.47 Å². The Labute approximate surface area is 107 Å². The first kappa shape index (κ1) is 13.5. The highest BCUT2D eigenvalue weighted by molar-refractivity contribution is 8.13. The van der Waals surface area contributed by atoms with E-state index in [0.29, 0.717) is 13.0 Å². The molecule has 1 aromatic rings. The molecule has 1 atom stereocenters. The van der Waals surface area contributed by atoms with Crippen molar-refractivity contribution in [3.05, 3.63) is 23.8 Å².